The highest BCUT2D eigenvalue weighted by molar-refractivity contribution is 4.81. The minimum atomic E-state index is -0.256. The molecule has 1 unspecified atom stereocenters. The SMILES string of the molecule is CCCCCCCC/C=C\CCCCCCCC[N+](C)(C)C(C)O. The molecule has 0 aromatic heterocycles. The number of aliphatic hydroxyl groups excluding tert-OH is 1. The van der Waals surface area contributed by atoms with Gasteiger partial charge in [0.1, 0.15) is 0 Å². The van der Waals surface area contributed by atoms with E-state index in [1.54, 1.807) is 0 Å². The molecule has 2 nitrogen and oxygen atoms in total. The Kier molecular flexibility index (Phi) is 15.9. The Morgan fingerprint density at radius 3 is 1.58 bits per heavy atom. The minimum Gasteiger partial charge on any atom is -0.345 e. The summed E-state index contributed by atoms with van der Waals surface area (Å²) < 4.78 is 0.726. The fraction of sp³-hybridized carbons (Fsp3) is 0.909. The molecule has 0 heterocycles. The second kappa shape index (κ2) is 16.1. The number of unbranched alkanes of at least 4 members (excludes halogenated alkanes) is 12. The van der Waals surface area contributed by atoms with Crippen molar-refractivity contribution < 1.29 is 9.59 Å². The Labute approximate surface area is 152 Å². The van der Waals surface area contributed by atoms with Crippen LogP contribution in [-0.4, -0.2) is 36.5 Å². The fourth-order valence-electron chi connectivity index (χ4n) is 2.95. The molecule has 0 spiro atoms. The number of rotatable bonds is 17. The van der Waals surface area contributed by atoms with Gasteiger partial charge in [-0.3, -0.25) is 0 Å². The first-order valence-corrected chi connectivity index (χ1v) is 10.7. The highest BCUT2D eigenvalue weighted by Crippen LogP contribution is 2.12. The standard InChI is InChI=1S/C22H46NO/c1-5-6-7-8-9-10-11-12-13-14-15-16-17-18-19-20-21-23(3,4)22(2)24/h12-13,22,24H,5-11,14-21H2,1-4H3/q+1/b13-12-. The first-order chi connectivity index (χ1) is 11.5. The zero-order valence-electron chi connectivity index (χ0n) is 17.2. The molecule has 0 aliphatic carbocycles. The number of aliphatic hydroxyl groups is 1. The molecule has 0 amide bonds. The van der Waals surface area contributed by atoms with Crippen LogP contribution in [0.4, 0.5) is 0 Å². The van der Waals surface area contributed by atoms with Crippen LogP contribution in [0.25, 0.3) is 0 Å². The number of hydrogen-bond donors (Lipinski definition) is 1. The van der Waals surface area contributed by atoms with Gasteiger partial charge in [0.25, 0.3) is 0 Å². The smallest absolute Gasteiger partial charge is 0.187 e. The predicted octanol–water partition coefficient (Wildman–Crippen LogP) is 6.44. The van der Waals surface area contributed by atoms with E-state index >= 15 is 0 Å². The summed E-state index contributed by atoms with van der Waals surface area (Å²) in [7, 11) is 4.23. The van der Waals surface area contributed by atoms with Crippen molar-refractivity contribution in [3.05, 3.63) is 12.2 Å². The molecule has 0 rings (SSSR count). The summed E-state index contributed by atoms with van der Waals surface area (Å²) in [5.74, 6) is 0. The van der Waals surface area contributed by atoms with Gasteiger partial charge in [0.2, 0.25) is 0 Å². The van der Waals surface area contributed by atoms with Gasteiger partial charge >= 0.3 is 0 Å². The van der Waals surface area contributed by atoms with Crippen molar-refractivity contribution in [3.63, 3.8) is 0 Å². The molecule has 1 atom stereocenters. The summed E-state index contributed by atoms with van der Waals surface area (Å²) in [4.78, 5) is 0. The largest absolute Gasteiger partial charge is 0.345 e. The van der Waals surface area contributed by atoms with Gasteiger partial charge in [-0.1, -0.05) is 70.4 Å². The molecule has 0 aliphatic heterocycles. The summed E-state index contributed by atoms with van der Waals surface area (Å²) in [6.07, 6.45) is 23.5. The van der Waals surface area contributed by atoms with E-state index in [-0.39, 0.29) is 6.23 Å². The molecule has 0 aromatic rings. The van der Waals surface area contributed by atoms with Crippen molar-refractivity contribution >= 4 is 0 Å². The Bertz CT molecular complexity index is 284. The third-order valence-electron chi connectivity index (χ3n) is 5.26. The maximum atomic E-state index is 9.67. The van der Waals surface area contributed by atoms with Gasteiger partial charge in [-0.05, 0) is 38.5 Å². The van der Waals surface area contributed by atoms with Crippen molar-refractivity contribution in [3.8, 4) is 0 Å². The van der Waals surface area contributed by atoms with E-state index in [0.717, 1.165) is 11.0 Å². The number of hydrogen-bond acceptors (Lipinski definition) is 1. The number of allylic oxidation sites excluding steroid dienone is 2. The lowest BCUT2D eigenvalue weighted by Crippen LogP contribution is -2.47. The molecule has 0 aromatic carbocycles. The van der Waals surface area contributed by atoms with Gasteiger partial charge in [0.15, 0.2) is 6.23 Å². The number of quaternary nitrogens is 1. The Hall–Kier alpha value is -0.340. The molecule has 144 valence electrons. The lowest BCUT2D eigenvalue weighted by molar-refractivity contribution is -0.934. The second-order valence-electron chi connectivity index (χ2n) is 8.07. The average molecular weight is 341 g/mol. The van der Waals surface area contributed by atoms with Crippen LogP contribution < -0.4 is 0 Å². The van der Waals surface area contributed by atoms with Crippen LogP contribution in [0, 0.1) is 0 Å². The summed E-state index contributed by atoms with van der Waals surface area (Å²) in [5.41, 5.74) is 0. The Morgan fingerprint density at radius 1 is 0.708 bits per heavy atom. The molecule has 1 N–H and O–H groups in total. The normalized spacial score (nSPS) is 13.7. The van der Waals surface area contributed by atoms with Crippen LogP contribution in [-0.2, 0) is 0 Å². The summed E-state index contributed by atoms with van der Waals surface area (Å²) in [6.45, 7) is 5.25. The molecule has 24 heavy (non-hydrogen) atoms. The molecule has 0 saturated carbocycles. The molecular formula is C22H46NO+. The average Bonchev–Trinajstić information content (AvgIpc) is 2.54. The minimum absolute atomic E-state index is 0.256. The molecule has 0 fully saturated rings. The molecular weight excluding hydrogens is 294 g/mol. The van der Waals surface area contributed by atoms with E-state index in [0.29, 0.717) is 0 Å². The first kappa shape index (κ1) is 23.7. The Morgan fingerprint density at radius 2 is 1.12 bits per heavy atom. The summed E-state index contributed by atoms with van der Waals surface area (Å²) in [5, 5.41) is 9.67. The van der Waals surface area contributed by atoms with Crippen LogP contribution in [0.1, 0.15) is 104 Å². The second-order valence-corrected chi connectivity index (χ2v) is 8.07. The van der Waals surface area contributed by atoms with Crippen LogP contribution >= 0.6 is 0 Å². The van der Waals surface area contributed by atoms with Crippen LogP contribution in [0.15, 0.2) is 12.2 Å². The first-order valence-electron chi connectivity index (χ1n) is 10.7. The fourth-order valence-corrected chi connectivity index (χ4v) is 2.95. The van der Waals surface area contributed by atoms with E-state index in [2.05, 4.69) is 33.2 Å². The third kappa shape index (κ3) is 15.2. The third-order valence-corrected chi connectivity index (χ3v) is 5.26. The highest BCUT2D eigenvalue weighted by atomic mass is 16.3. The zero-order chi connectivity index (χ0) is 18.1. The highest BCUT2D eigenvalue weighted by Gasteiger charge is 2.20. The van der Waals surface area contributed by atoms with Gasteiger partial charge in [-0.25, -0.2) is 0 Å². The molecule has 0 bridgehead atoms. The maximum absolute atomic E-state index is 9.67. The predicted molar refractivity (Wildman–Crippen MR) is 108 cm³/mol. The van der Waals surface area contributed by atoms with E-state index in [4.69, 9.17) is 0 Å². The van der Waals surface area contributed by atoms with Crippen LogP contribution in [0.5, 0.6) is 0 Å². The van der Waals surface area contributed by atoms with Crippen LogP contribution in [0.2, 0.25) is 0 Å². The van der Waals surface area contributed by atoms with Crippen molar-refractivity contribution in [2.24, 2.45) is 0 Å². The molecule has 0 saturated heterocycles. The lowest BCUT2D eigenvalue weighted by atomic mass is 10.1. The molecule has 0 radical (unpaired) electrons. The molecule has 0 aliphatic rings. The van der Waals surface area contributed by atoms with Gasteiger partial charge in [-0.15, -0.1) is 0 Å². The van der Waals surface area contributed by atoms with Crippen molar-refractivity contribution in [2.45, 2.75) is 110 Å². The zero-order valence-corrected chi connectivity index (χ0v) is 17.2. The van der Waals surface area contributed by atoms with Crippen molar-refractivity contribution in [2.75, 3.05) is 20.6 Å². The van der Waals surface area contributed by atoms with Crippen molar-refractivity contribution in [1.82, 2.24) is 0 Å². The van der Waals surface area contributed by atoms with Gasteiger partial charge in [0, 0.05) is 6.92 Å². The van der Waals surface area contributed by atoms with Gasteiger partial charge in [-0.2, -0.15) is 0 Å². The van der Waals surface area contributed by atoms with E-state index < -0.39 is 0 Å². The molecule has 2 heteroatoms. The Balaban J connectivity index is 3.24. The number of nitrogens with zero attached hydrogens (tertiary/aromatic N) is 1. The summed E-state index contributed by atoms with van der Waals surface area (Å²) in [6, 6.07) is 0. The quantitative estimate of drug-likeness (QED) is 0.140. The van der Waals surface area contributed by atoms with Crippen molar-refractivity contribution in [1.29, 1.82) is 0 Å². The maximum Gasteiger partial charge on any atom is 0.187 e. The van der Waals surface area contributed by atoms with E-state index in [1.165, 1.54) is 89.9 Å². The van der Waals surface area contributed by atoms with E-state index in [9.17, 15) is 5.11 Å². The van der Waals surface area contributed by atoms with Gasteiger partial charge in [0.05, 0.1) is 20.6 Å². The topological polar surface area (TPSA) is 20.2 Å². The van der Waals surface area contributed by atoms with Gasteiger partial charge < -0.3 is 9.59 Å². The van der Waals surface area contributed by atoms with E-state index in [1.807, 2.05) is 6.92 Å². The summed E-state index contributed by atoms with van der Waals surface area (Å²) >= 11 is 0. The monoisotopic (exact) mass is 340 g/mol. The lowest BCUT2D eigenvalue weighted by Gasteiger charge is -2.32. The van der Waals surface area contributed by atoms with Crippen LogP contribution in [0.3, 0.4) is 0 Å².